The summed E-state index contributed by atoms with van der Waals surface area (Å²) in [5, 5.41) is 5.41. The number of methoxy groups -OCH3 is 1. The highest BCUT2D eigenvalue weighted by Crippen LogP contribution is 2.30. The Balaban J connectivity index is 1.65. The highest BCUT2D eigenvalue weighted by atomic mass is 32.2. The average Bonchev–Trinajstić information content (AvgIpc) is 3.55. The largest absolute Gasteiger partial charge is 0.495 e. The predicted octanol–water partition coefficient (Wildman–Crippen LogP) is 5.73. The Kier molecular flexibility index (Phi) is 7.51. The number of carbonyl (C=O) groups is 1. The second-order valence-electron chi connectivity index (χ2n) is 7.76. The van der Waals surface area contributed by atoms with Gasteiger partial charge in [0, 0.05) is 17.3 Å². The standard InChI is InChI=1S/C25H21N5O3S4/c1-3-15-8-10-16(11-9-15)29-21-20(37-25(29)34)22(32)30(17-6-4-5-7-18(17)33-2)24(28-21)36-14-19(31)27-23-26-12-13-35-23/h4-13H,3,14H2,1-2H3,(H,26,27,31). The molecule has 37 heavy (non-hydrogen) atoms. The molecule has 12 heteroatoms. The van der Waals surface area contributed by atoms with E-state index in [1.54, 1.807) is 30.8 Å². The van der Waals surface area contributed by atoms with Gasteiger partial charge in [0.1, 0.15) is 10.4 Å². The maximum Gasteiger partial charge on any atom is 0.278 e. The first-order valence-electron chi connectivity index (χ1n) is 11.2. The number of hydrogen-bond donors (Lipinski definition) is 1. The van der Waals surface area contributed by atoms with E-state index in [0.717, 1.165) is 23.9 Å². The van der Waals surface area contributed by atoms with Crippen LogP contribution < -0.4 is 15.6 Å². The second kappa shape index (κ2) is 11.0. The van der Waals surface area contributed by atoms with Gasteiger partial charge >= 0.3 is 0 Å². The number of aromatic nitrogens is 4. The zero-order valence-corrected chi connectivity index (χ0v) is 23.1. The van der Waals surface area contributed by atoms with Crippen molar-refractivity contribution < 1.29 is 9.53 Å². The molecule has 0 spiro atoms. The Bertz CT molecular complexity index is 1690. The van der Waals surface area contributed by atoms with Crippen molar-refractivity contribution in [1.29, 1.82) is 0 Å². The summed E-state index contributed by atoms with van der Waals surface area (Å²) in [6.07, 6.45) is 2.54. The summed E-state index contributed by atoms with van der Waals surface area (Å²) in [6.45, 7) is 2.09. The average molecular weight is 568 g/mol. The number of thioether (sulfide) groups is 1. The number of aryl methyl sites for hydroxylation is 1. The van der Waals surface area contributed by atoms with E-state index in [9.17, 15) is 9.59 Å². The summed E-state index contributed by atoms with van der Waals surface area (Å²) >= 11 is 9.38. The van der Waals surface area contributed by atoms with Crippen LogP contribution >= 0.6 is 46.7 Å². The van der Waals surface area contributed by atoms with Crippen molar-refractivity contribution in [2.24, 2.45) is 0 Å². The van der Waals surface area contributed by atoms with Crippen LogP contribution in [0.4, 0.5) is 5.13 Å². The molecule has 3 heterocycles. The van der Waals surface area contributed by atoms with Crippen molar-refractivity contribution in [1.82, 2.24) is 19.1 Å². The van der Waals surface area contributed by atoms with E-state index < -0.39 is 0 Å². The molecule has 0 aliphatic carbocycles. The van der Waals surface area contributed by atoms with Gasteiger partial charge in [-0.3, -0.25) is 18.7 Å². The molecule has 2 aromatic carbocycles. The molecule has 0 radical (unpaired) electrons. The lowest BCUT2D eigenvalue weighted by Crippen LogP contribution is -2.23. The lowest BCUT2D eigenvalue weighted by Gasteiger charge is -2.15. The van der Waals surface area contributed by atoms with Crippen LogP contribution in [-0.2, 0) is 11.2 Å². The van der Waals surface area contributed by atoms with Gasteiger partial charge in [-0.25, -0.2) is 9.97 Å². The van der Waals surface area contributed by atoms with Crippen LogP contribution in [0.1, 0.15) is 12.5 Å². The van der Waals surface area contributed by atoms with E-state index >= 15 is 0 Å². The lowest BCUT2D eigenvalue weighted by atomic mass is 10.1. The second-order valence-corrected chi connectivity index (χ2v) is 11.2. The van der Waals surface area contributed by atoms with Crippen LogP contribution in [0.15, 0.2) is 70.1 Å². The minimum absolute atomic E-state index is 0.0305. The molecule has 0 saturated carbocycles. The number of fused-ring (bicyclic) bond motifs is 1. The van der Waals surface area contributed by atoms with Crippen LogP contribution in [0, 0.1) is 3.95 Å². The number of carbonyl (C=O) groups excluding carboxylic acids is 1. The van der Waals surface area contributed by atoms with E-state index in [0.29, 0.717) is 36.0 Å². The zero-order valence-electron chi connectivity index (χ0n) is 19.8. The number of nitrogens with zero attached hydrogens (tertiary/aromatic N) is 4. The van der Waals surface area contributed by atoms with Crippen LogP contribution in [0.3, 0.4) is 0 Å². The number of anilines is 1. The molecular formula is C25H21N5O3S4. The van der Waals surface area contributed by atoms with Crippen LogP contribution in [-0.4, -0.2) is 37.9 Å². The van der Waals surface area contributed by atoms with Crippen molar-refractivity contribution in [3.63, 3.8) is 0 Å². The van der Waals surface area contributed by atoms with Crippen molar-refractivity contribution >= 4 is 68.0 Å². The van der Waals surface area contributed by atoms with Gasteiger partial charge in [0.25, 0.3) is 5.56 Å². The van der Waals surface area contributed by atoms with Crippen molar-refractivity contribution in [3.05, 3.63) is 80.0 Å². The third kappa shape index (κ3) is 5.10. The van der Waals surface area contributed by atoms with Crippen LogP contribution in [0.25, 0.3) is 21.7 Å². The summed E-state index contributed by atoms with van der Waals surface area (Å²) in [5.74, 6) is 0.291. The van der Waals surface area contributed by atoms with E-state index in [-0.39, 0.29) is 17.2 Å². The normalized spacial score (nSPS) is 11.1. The summed E-state index contributed by atoms with van der Waals surface area (Å²) < 4.78 is 9.76. The molecular weight excluding hydrogens is 547 g/mol. The van der Waals surface area contributed by atoms with Gasteiger partial charge in [0.2, 0.25) is 5.91 Å². The van der Waals surface area contributed by atoms with Gasteiger partial charge in [-0.2, -0.15) is 0 Å². The van der Waals surface area contributed by atoms with Gasteiger partial charge in [-0.1, -0.05) is 54.3 Å². The third-order valence-corrected chi connectivity index (χ3v) is 8.50. The van der Waals surface area contributed by atoms with E-state index in [2.05, 4.69) is 17.2 Å². The number of nitrogens with one attached hydrogen (secondary N) is 1. The minimum Gasteiger partial charge on any atom is -0.495 e. The number of rotatable bonds is 8. The first-order chi connectivity index (χ1) is 18.0. The Morgan fingerprint density at radius 3 is 2.65 bits per heavy atom. The Hall–Kier alpha value is -3.32. The Morgan fingerprint density at radius 2 is 1.95 bits per heavy atom. The maximum atomic E-state index is 13.9. The first kappa shape index (κ1) is 25.3. The highest BCUT2D eigenvalue weighted by Gasteiger charge is 2.21. The Labute approximate surface area is 229 Å². The number of benzene rings is 2. The van der Waals surface area contributed by atoms with E-state index in [1.807, 2.05) is 41.0 Å². The summed E-state index contributed by atoms with van der Waals surface area (Å²) in [6, 6.07) is 15.2. The SMILES string of the molecule is CCc1ccc(-n2c(=S)sc3c(=O)n(-c4ccccc4OC)c(SCC(=O)Nc4nccs4)nc32)cc1. The highest BCUT2D eigenvalue weighted by molar-refractivity contribution is 7.99. The zero-order chi connectivity index (χ0) is 25.9. The van der Waals surface area contributed by atoms with E-state index in [1.165, 1.54) is 32.8 Å². The van der Waals surface area contributed by atoms with Crippen molar-refractivity contribution in [2.45, 2.75) is 18.5 Å². The molecule has 5 aromatic rings. The summed E-state index contributed by atoms with van der Waals surface area (Å²) in [5.41, 5.74) is 2.73. The lowest BCUT2D eigenvalue weighted by molar-refractivity contribution is -0.113. The van der Waals surface area contributed by atoms with Gasteiger partial charge < -0.3 is 10.1 Å². The molecule has 0 aliphatic heterocycles. The number of thiazole rings is 2. The van der Waals surface area contributed by atoms with Gasteiger partial charge in [0.05, 0.1) is 18.6 Å². The third-order valence-electron chi connectivity index (χ3n) is 5.52. The van der Waals surface area contributed by atoms with Gasteiger partial charge in [0.15, 0.2) is 19.9 Å². The predicted molar refractivity (Wildman–Crippen MR) is 153 cm³/mol. The maximum absolute atomic E-state index is 13.9. The molecule has 8 nitrogen and oxygen atoms in total. The van der Waals surface area contributed by atoms with Crippen molar-refractivity contribution in [3.8, 4) is 17.1 Å². The molecule has 1 N–H and O–H groups in total. The van der Waals surface area contributed by atoms with Crippen molar-refractivity contribution in [2.75, 3.05) is 18.2 Å². The molecule has 0 saturated heterocycles. The smallest absolute Gasteiger partial charge is 0.278 e. The molecule has 1 amide bonds. The fourth-order valence-corrected chi connectivity index (χ4v) is 6.38. The topological polar surface area (TPSA) is 91.0 Å². The fraction of sp³-hybridized carbons (Fsp3) is 0.160. The number of ether oxygens (including phenoxy) is 1. The quantitative estimate of drug-likeness (QED) is 0.146. The molecule has 0 fully saturated rings. The summed E-state index contributed by atoms with van der Waals surface area (Å²) in [7, 11) is 1.55. The fourth-order valence-electron chi connectivity index (χ4n) is 3.74. The number of para-hydroxylation sites is 2. The molecule has 0 unspecified atom stereocenters. The van der Waals surface area contributed by atoms with Gasteiger partial charge in [-0.05, 0) is 48.5 Å². The molecule has 5 rings (SSSR count). The van der Waals surface area contributed by atoms with Gasteiger partial charge in [-0.15, -0.1) is 11.3 Å². The Morgan fingerprint density at radius 1 is 1.16 bits per heavy atom. The van der Waals surface area contributed by atoms with Crippen LogP contribution in [0.5, 0.6) is 5.75 Å². The van der Waals surface area contributed by atoms with Crippen LogP contribution in [0.2, 0.25) is 0 Å². The van der Waals surface area contributed by atoms with E-state index in [4.69, 9.17) is 21.9 Å². The minimum atomic E-state index is -0.280. The first-order valence-corrected chi connectivity index (χ1v) is 14.3. The number of amides is 1. The molecule has 0 atom stereocenters. The summed E-state index contributed by atoms with van der Waals surface area (Å²) in [4.78, 5) is 35.5. The monoisotopic (exact) mass is 567 g/mol. The molecule has 0 bridgehead atoms. The number of hydrogen-bond acceptors (Lipinski definition) is 9. The molecule has 0 aliphatic rings. The molecule has 188 valence electrons. The molecule has 3 aromatic heterocycles.